The van der Waals surface area contributed by atoms with Crippen LogP contribution in [-0.2, 0) is 6.54 Å². The van der Waals surface area contributed by atoms with Crippen LogP contribution in [0.5, 0.6) is 5.75 Å². The van der Waals surface area contributed by atoms with Gasteiger partial charge in [-0.05, 0) is 65.1 Å². The zero-order chi connectivity index (χ0) is 22.8. The molecule has 5 rings (SSSR count). The third-order valence-corrected chi connectivity index (χ3v) is 6.58. The van der Waals surface area contributed by atoms with Crippen LogP contribution in [0.25, 0.3) is 11.4 Å². The Labute approximate surface area is 190 Å². The van der Waals surface area contributed by atoms with Crippen molar-refractivity contribution in [2.24, 2.45) is 5.92 Å². The van der Waals surface area contributed by atoms with Gasteiger partial charge in [-0.2, -0.15) is 0 Å². The Kier molecular flexibility index (Phi) is 5.72. The number of aromatic amines is 1. The minimum absolute atomic E-state index is 0.181. The first-order chi connectivity index (χ1) is 16.1. The van der Waals surface area contributed by atoms with E-state index in [1.807, 2.05) is 41.2 Å². The highest BCUT2D eigenvalue weighted by atomic mass is 19.1. The molecule has 170 valence electrons. The molecule has 0 bridgehead atoms. The van der Waals surface area contributed by atoms with Crippen molar-refractivity contribution in [3.8, 4) is 17.1 Å². The van der Waals surface area contributed by atoms with Crippen LogP contribution in [0.4, 0.5) is 10.1 Å². The Morgan fingerprint density at radius 1 is 1.18 bits per heavy atom. The summed E-state index contributed by atoms with van der Waals surface area (Å²) in [5.74, 6) is 1.64. The maximum Gasteiger partial charge on any atom is 0.179 e. The summed E-state index contributed by atoms with van der Waals surface area (Å²) in [7, 11) is 3.75. The predicted molar refractivity (Wildman–Crippen MR) is 120 cm³/mol. The molecule has 0 amide bonds. The summed E-state index contributed by atoms with van der Waals surface area (Å²) in [6, 6.07) is 12.9. The minimum atomic E-state index is -0.232. The minimum Gasteiger partial charge on any atom is -0.495 e. The molecule has 1 aliphatic rings. The quantitative estimate of drug-likeness (QED) is 0.463. The maximum atomic E-state index is 13.7. The van der Waals surface area contributed by atoms with Gasteiger partial charge in [-0.15, -0.1) is 10.2 Å². The van der Waals surface area contributed by atoms with Crippen LogP contribution >= 0.6 is 0 Å². The number of tetrazole rings is 1. The molecule has 1 N–H and O–H groups in total. The van der Waals surface area contributed by atoms with Crippen LogP contribution in [0.3, 0.4) is 0 Å². The second kappa shape index (κ2) is 8.97. The van der Waals surface area contributed by atoms with Crippen molar-refractivity contribution >= 4 is 5.69 Å². The first-order valence-electron chi connectivity index (χ1n) is 10.9. The number of H-pyrrole nitrogens is 1. The second-order valence-corrected chi connectivity index (χ2v) is 8.35. The molecule has 0 saturated heterocycles. The average molecular weight is 449 g/mol. The summed E-state index contributed by atoms with van der Waals surface area (Å²) < 4.78 is 21.3. The van der Waals surface area contributed by atoms with E-state index in [1.54, 1.807) is 13.3 Å². The van der Waals surface area contributed by atoms with Gasteiger partial charge >= 0.3 is 0 Å². The molecule has 33 heavy (non-hydrogen) atoms. The fraction of sp³-hybridized carbons (Fsp3) is 0.348. The number of aromatic nitrogens is 7. The lowest BCUT2D eigenvalue weighted by atomic mass is 9.85. The van der Waals surface area contributed by atoms with Gasteiger partial charge in [0.2, 0.25) is 0 Å². The smallest absolute Gasteiger partial charge is 0.179 e. The van der Waals surface area contributed by atoms with Gasteiger partial charge in [0.25, 0.3) is 0 Å². The lowest BCUT2D eigenvalue weighted by Crippen LogP contribution is -2.36. The van der Waals surface area contributed by atoms with Crippen LogP contribution in [0.15, 0.2) is 54.9 Å². The van der Waals surface area contributed by atoms with E-state index in [2.05, 4.69) is 42.9 Å². The molecule has 0 aliphatic heterocycles. The van der Waals surface area contributed by atoms with E-state index in [-0.39, 0.29) is 17.8 Å². The monoisotopic (exact) mass is 448 g/mol. The number of hydrogen-bond donors (Lipinski definition) is 1. The number of nitrogens with one attached hydrogen (secondary N) is 1. The first kappa shape index (κ1) is 21.0. The molecule has 2 aromatic carbocycles. The fourth-order valence-corrected chi connectivity index (χ4v) is 5.02. The van der Waals surface area contributed by atoms with Crippen LogP contribution < -0.4 is 9.64 Å². The van der Waals surface area contributed by atoms with Gasteiger partial charge in [0, 0.05) is 37.3 Å². The highest BCUT2D eigenvalue weighted by Crippen LogP contribution is 2.46. The topological polar surface area (TPSA) is 97.6 Å². The van der Waals surface area contributed by atoms with Crippen LogP contribution in [0, 0.1) is 11.7 Å². The molecule has 0 radical (unpaired) electrons. The number of hydrogen-bond acceptors (Lipinski definition) is 7. The standard InChI is InChI=1S/C23H25FN8O/c1-31(20-13-16(6-10-21(20)33-2)23-26-28-29-27-23)19-9-5-17(14-32-12-11-25-30-32)22(19)15-3-7-18(24)8-4-15/h3-4,6-8,10-13,17,19,22H,5,9,14H2,1-2H3,(H,26,27,28,29)/t17-,19+,22-/m1/s1. The summed E-state index contributed by atoms with van der Waals surface area (Å²) in [6.45, 7) is 0.757. The van der Waals surface area contributed by atoms with E-state index in [4.69, 9.17) is 4.74 Å². The molecule has 4 aromatic rings. The maximum absolute atomic E-state index is 13.7. The van der Waals surface area contributed by atoms with Crippen LogP contribution in [0.1, 0.15) is 24.3 Å². The van der Waals surface area contributed by atoms with Crippen molar-refractivity contribution in [3.63, 3.8) is 0 Å². The first-order valence-corrected chi connectivity index (χ1v) is 10.9. The Morgan fingerprint density at radius 3 is 2.73 bits per heavy atom. The third kappa shape index (κ3) is 4.15. The molecule has 1 aliphatic carbocycles. The van der Waals surface area contributed by atoms with Gasteiger partial charge < -0.3 is 9.64 Å². The molecule has 3 atom stereocenters. The van der Waals surface area contributed by atoms with E-state index in [0.29, 0.717) is 11.7 Å². The summed E-state index contributed by atoms with van der Waals surface area (Å²) >= 11 is 0. The summed E-state index contributed by atoms with van der Waals surface area (Å²) in [6.07, 6.45) is 5.58. The van der Waals surface area contributed by atoms with Crippen molar-refractivity contribution in [2.75, 3.05) is 19.1 Å². The molecule has 0 unspecified atom stereocenters. The van der Waals surface area contributed by atoms with Gasteiger partial charge in [-0.3, -0.25) is 4.68 Å². The highest BCUT2D eigenvalue weighted by Gasteiger charge is 2.40. The van der Waals surface area contributed by atoms with Crippen molar-refractivity contribution in [3.05, 3.63) is 66.2 Å². The summed E-state index contributed by atoms with van der Waals surface area (Å²) in [5.41, 5.74) is 2.94. The number of ether oxygens (including phenoxy) is 1. The Hall–Kier alpha value is -3.82. The number of halogens is 1. The summed E-state index contributed by atoms with van der Waals surface area (Å²) in [5, 5.41) is 22.3. The van der Waals surface area contributed by atoms with E-state index in [0.717, 1.165) is 42.0 Å². The number of rotatable bonds is 7. The summed E-state index contributed by atoms with van der Waals surface area (Å²) in [4.78, 5) is 2.27. The Balaban J connectivity index is 1.51. The van der Waals surface area contributed by atoms with E-state index >= 15 is 0 Å². The third-order valence-electron chi connectivity index (χ3n) is 6.58. The molecule has 2 heterocycles. The van der Waals surface area contributed by atoms with Gasteiger partial charge in [-0.25, -0.2) is 9.49 Å². The molecular weight excluding hydrogens is 423 g/mol. The number of benzene rings is 2. The SMILES string of the molecule is COc1ccc(-c2nnn[nH]2)cc1N(C)[C@H]1CC[C@H](Cn2ccnn2)[C@H]1c1ccc(F)cc1. The van der Waals surface area contributed by atoms with E-state index < -0.39 is 0 Å². The van der Waals surface area contributed by atoms with Gasteiger partial charge in [-0.1, -0.05) is 17.3 Å². The molecule has 10 heteroatoms. The highest BCUT2D eigenvalue weighted by molar-refractivity contribution is 5.69. The Bertz CT molecular complexity index is 1180. The predicted octanol–water partition coefficient (Wildman–Crippen LogP) is 3.30. The zero-order valence-corrected chi connectivity index (χ0v) is 18.5. The second-order valence-electron chi connectivity index (χ2n) is 8.35. The van der Waals surface area contributed by atoms with Crippen molar-refractivity contribution in [1.82, 2.24) is 35.6 Å². The van der Waals surface area contributed by atoms with Crippen molar-refractivity contribution in [1.29, 1.82) is 0 Å². The molecule has 9 nitrogen and oxygen atoms in total. The number of methoxy groups -OCH3 is 1. The van der Waals surface area contributed by atoms with E-state index in [1.165, 1.54) is 12.1 Å². The van der Waals surface area contributed by atoms with E-state index in [9.17, 15) is 4.39 Å². The van der Waals surface area contributed by atoms with Crippen LogP contribution in [-0.4, -0.2) is 55.8 Å². The molecular formula is C23H25FN8O. The lowest BCUT2D eigenvalue weighted by molar-refractivity contribution is 0.372. The van der Waals surface area contributed by atoms with Crippen LogP contribution in [0.2, 0.25) is 0 Å². The molecule has 1 fully saturated rings. The lowest BCUT2D eigenvalue weighted by Gasteiger charge is -2.35. The van der Waals surface area contributed by atoms with Gasteiger partial charge in [0.1, 0.15) is 11.6 Å². The molecule has 1 saturated carbocycles. The number of nitrogens with zero attached hydrogens (tertiary/aromatic N) is 7. The molecule has 2 aromatic heterocycles. The fourth-order valence-electron chi connectivity index (χ4n) is 5.02. The Morgan fingerprint density at radius 2 is 2.03 bits per heavy atom. The van der Waals surface area contributed by atoms with Crippen molar-refractivity contribution in [2.45, 2.75) is 31.3 Å². The largest absolute Gasteiger partial charge is 0.495 e. The number of anilines is 1. The zero-order valence-electron chi connectivity index (χ0n) is 18.5. The van der Waals surface area contributed by atoms with Gasteiger partial charge in [0.15, 0.2) is 5.82 Å². The van der Waals surface area contributed by atoms with Crippen molar-refractivity contribution < 1.29 is 9.13 Å². The molecule has 0 spiro atoms. The normalized spacial score (nSPS) is 20.2. The average Bonchev–Trinajstić information content (AvgIpc) is 3.62. The number of likely N-dealkylation sites (N-methyl/N-ethyl adjacent to an activating group) is 1. The van der Waals surface area contributed by atoms with Gasteiger partial charge in [0.05, 0.1) is 19.0 Å².